The number of hydrogen-bond donors (Lipinski definition) is 3. The lowest BCUT2D eigenvalue weighted by atomic mass is 9.55. The number of likely N-dealkylation sites (N-methyl/N-ethyl adjacent to an activating group) is 1. The molecule has 0 bridgehead atoms. The molecule has 0 aromatic heterocycles. The number of amides is 2. The number of ether oxygens (including phenoxy) is 4. The average Bonchev–Trinajstić information content (AvgIpc) is 3.25. The van der Waals surface area contributed by atoms with Crippen molar-refractivity contribution in [3.63, 3.8) is 0 Å². The summed E-state index contributed by atoms with van der Waals surface area (Å²) < 4.78 is 25.6. The topological polar surface area (TPSA) is 148 Å². The first-order valence-corrected chi connectivity index (χ1v) is 23.0. The third-order valence-corrected chi connectivity index (χ3v) is 12.3. The van der Waals surface area contributed by atoms with Gasteiger partial charge < -0.3 is 44.2 Å². The van der Waals surface area contributed by atoms with Gasteiger partial charge in [-0.05, 0) is 81.1 Å². The van der Waals surface area contributed by atoms with Gasteiger partial charge in [-0.1, -0.05) is 101 Å². The van der Waals surface area contributed by atoms with Gasteiger partial charge in [-0.3, -0.25) is 0 Å². The molecule has 4 rings (SSSR count). The molecule has 3 N–H and O–H groups in total. The van der Waals surface area contributed by atoms with E-state index in [-0.39, 0.29) is 50.6 Å². The van der Waals surface area contributed by atoms with Crippen molar-refractivity contribution in [3.05, 3.63) is 60.7 Å². The molecule has 12 nitrogen and oxygen atoms in total. The minimum atomic E-state index is -1.39. The van der Waals surface area contributed by atoms with Crippen LogP contribution >= 0.6 is 0 Å². The Labute approximate surface area is 359 Å². The number of nitrogens with one attached hydrogen (secondary N) is 1. The summed E-state index contributed by atoms with van der Waals surface area (Å²) in [6.07, 6.45) is 22.2. The van der Waals surface area contributed by atoms with Crippen molar-refractivity contribution in [2.75, 3.05) is 46.6 Å². The van der Waals surface area contributed by atoms with Crippen LogP contribution in [-0.2, 0) is 14.3 Å². The normalized spacial score (nSPS) is 23.4. The summed E-state index contributed by atoms with van der Waals surface area (Å²) in [6.45, 7) is 13.3. The van der Waals surface area contributed by atoms with Crippen molar-refractivity contribution < 1.29 is 43.6 Å². The summed E-state index contributed by atoms with van der Waals surface area (Å²) in [4.78, 5) is 34.2. The van der Waals surface area contributed by atoms with Gasteiger partial charge in [0.25, 0.3) is 0 Å². The highest BCUT2D eigenvalue weighted by Gasteiger charge is 2.65. The van der Waals surface area contributed by atoms with Gasteiger partial charge in [-0.15, -0.1) is 13.2 Å². The number of aliphatic hydroxyl groups excluding tert-OH is 2. The van der Waals surface area contributed by atoms with Crippen LogP contribution in [0.5, 0.6) is 11.5 Å². The standard InChI is InChI=1S/C48H75N3O9/c1-6-10-12-13-14-15-16-17-18-21-28-49-46(54)59-37-26-27-42-40(34-37)44-38(25-20-23-30-53)36(24-19-22-29-52)33-39-41(50-58-9-4)35-43(51(5)47(55)56-32-11-7-2)48(60-42,45(39)44)57-31-8-3/h7-8,26-27,33-34,36,38,43-45,52-53H,2-3,6,9-25,28-32,35H2,1,4-5H3,(H,49,54). The molecule has 336 valence electrons. The zero-order chi connectivity index (χ0) is 43.2. The molecule has 3 aliphatic rings. The second-order valence-electron chi connectivity index (χ2n) is 16.5. The lowest BCUT2D eigenvalue weighted by molar-refractivity contribution is -0.253. The van der Waals surface area contributed by atoms with E-state index < -0.39 is 29.9 Å². The molecule has 6 unspecified atom stereocenters. The van der Waals surface area contributed by atoms with Crippen LogP contribution < -0.4 is 14.8 Å². The van der Waals surface area contributed by atoms with Gasteiger partial charge in [-0.25, -0.2) is 9.59 Å². The van der Waals surface area contributed by atoms with Crippen LogP contribution in [0.15, 0.2) is 60.3 Å². The number of allylic oxidation sites excluding steroid dienone is 1. The molecule has 6 atom stereocenters. The predicted molar refractivity (Wildman–Crippen MR) is 236 cm³/mol. The lowest BCUT2D eigenvalue weighted by Gasteiger charge is -2.59. The molecule has 1 saturated carbocycles. The van der Waals surface area contributed by atoms with Crippen LogP contribution in [0, 0.1) is 17.8 Å². The lowest BCUT2D eigenvalue weighted by Crippen LogP contribution is -2.69. The molecule has 0 spiro atoms. The van der Waals surface area contributed by atoms with Crippen LogP contribution in [0.4, 0.5) is 9.59 Å². The molecule has 1 aliphatic heterocycles. The Bertz CT molecular complexity index is 1550. The number of oxime groups is 1. The molecule has 0 saturated heterocycles. The fourth-order valence-corrected chi connectivity index (χ4v) is 9.34. The molecule has 0 radical (unpaired) electrons. The van der Waals surface area contributed by atoms with Crippen molar-refractivity contribution in [1.29, 1.82) is 0 Å². The van der Waals surface area contributed by atoms with Gasteiger partial charge in [0.15, 0.2) is 0 Å². The number of carbonyl (C=O) groups excluding carboxylic acids is 2. The summed E-state index contributed by atoms with van der Waals surface area (Å²) >= 11 is 0. The second-order valence-corrected chi connectivity index (χ2v) is 16.5. The zero-order valence-corrected chi connectivity index (χ0v) is 36.9. The van der Waals surface area contributed by atoms with Gasteiger partial charge in [-0.2, -0.15) is 0 Å². The maximum Gasteiger partial charge on any atom is 0.412 e. The molecule has 1 fully saturated rings. The molecular formula is C48H75N3O9. The minimum absolute atomic E-state index is 0.0377. The smallest absolute Gasteiger partial charge is 0.412 e. The van der Waals surface area contributed by atoms with Gasteiger partial charge in [0, 0.05) is 44.7 Å². The first-order chi connectivity index (χ1) is 29.3. The minimum Gasteiger partial charge on any atom is -0.459 e. The number of nitrogens with zero attached hydrogens (tertiary/aromatic N) is 2. The number of aliphatic hydroxyl groups is 2. The summed E-state index contributed by atoms with van der Waals surface area (Å²) in [5, 5.41) is 27.3. The Morgan fingerprint density at radius 3 is 2.32 bits per heavy atom. The molecule has 2 amide bonds. The van der Waals surface area contributed by atoms with E-state index in [0.29, 0.717) is 49.6 Å². The van der Waals surface area contributed by atoms with E-state index in [0.717, 1.165) is 56.1 Å². The average molecular weight is 838 g/mol. The summed E-state index contributed by atoms with van der Waals surface area (Å²) in [6, 6.07) is 4.80. The van der Waals surface area contributed by atoms with E-state index in [2.05, 4.69) is 36.6 Å². The van der Waals surface area contributed by atoms with E-state index >= 15 is 0 Å². The maximum atomic E-state index is 13.8. The van der Waals surface area contributed by atoms with Crippen molar-refractivity contribution in [2.24, 2.45) is 22.9 Å². The maximum absolute atomic E-state index is 13.8. The van der Waals surface area contributed by atoms with Crippen LogP contribution in [0.3, 0.4) is 0 Å². The Balaban J connectivity index is 1.71. The largest absolute Gasteiger partial charge is 0.459 e. The zero-order valence-electron chi connectivity index (χ0n) is 36.9. The van der Waals surface area contributed by atoms with Crippen LogP contribution in [0.25, 0.3) is 0 Å². The Morgan fingerprint density at radius 2 is 1.65 bits per heavy atom. The highest BCUT2D eigenvalue weighted by molar-refractivity contribution is 6.02. The number of hydrogen-bond acceptors (Lipinski definition) is 10. The number of rotatable bonds is 29. The van der Waals surface area contributed by atoms with Crippen LogP contribution in [0.2, 0.25) is 0 Å². The Hall–Kier alpha value is -3.87. The second kappa shape index (κ2) is 26.5. The Kier molecular flexibility index (Phi) is 21.5. The highest BCUT2D eigenvalue weighted by Crippen LogP contribution is 2.61. The van der Waals surface area contributed by atoms with Gasteiger partial charge in [0.2, 0.25) is 5.79 Å². The van der Waals surface area contributed by atoms with E-state index in [1.54, 1.807) is 30.2 Å². The highest BCUT2D eigenvalue weighted by atomic mass is 16.7. The van der Waals surface area contributed by atoms with Crippen molar-refractivity contribution in [3.8, 4) is 11.5 Å². The third-order valence-electron chi connectivity index (χ3n) is 12.3. The van der Waals surface area contributed by atoms with Crippen LogP contribution in [0.1, 0.15) is 141 Å². The molecule has 60 heavy (non-hydrogen) atoms. The molecule has 2 aliphatic carbocycles. The quantitative estimate of drug-likeness (QED) is 0.0407. The summed E-state index contributed by atoms with van der Waals surface area (Å²) in [5.41, 5.74) is 2.50. The first kappa shape index (κ1) is 48.8. The molecular weight excluding hydrogens is 763 g/mol. The molecule has 12 heteroatoms. The van der Waals surface area contributed by atoms with Crippen molar-refractivity contribution >= 4 is 17.9 Å². The van der Waals surface area contributed by atoms with Crippen molar-refractivity contribution in [2.45, 2.75) is 147 Å². The van der Waals surface area contributed by atoms with E-state index in [1.165, 1.54) is 44.9 Å². The molecule has 1 aromatic carbocycles. The predicted octanol–water partition coefficient (Wildman–Crippen LogP) is 9.99. The number of benzene rings is 1. The van der Waals surface area contributed by atoms with Crippen LogP contribution in [-0.4, -0.2) is 91.5 Å². The number of fused-ring (bicyclic) bond motifs is 2. The summed E-state index contributed by atoms with van der Waals surface area (Å²) in [5.74, 6) is -1.02. The number of unbranched alkanes of at least 4 members (excludes halogenated alkanes) is 11. The fourth-order valence-electron chi connectivity index (χ4n) is 9.34. The third kappa shape index (κ3) is 13.3. The van der Waals surface area contributed by atoms with E-state index in [4.69, 9.17) is 23.8 Å². The Morgan fingerprint density at radius 1 is 0.950 bits per heavy atom. The monoisotopic (exact) mass is 838 g/mol. The molecule has 1 aromatic rings. The first-order valence-electron chi connectivity index (χ1n) is 23.0. The number of carbonyl (C=O) groups is 2. The van der Waals surface area contributed by atoms with E-state index in [1.807, 2.05) is 19.1 Å². The summed E-state index contributed by atoms with van der Waals surface area (Å²) in [7, 11) is 1.70. The van der Waals surface area contributed by atoms with E-state index in [9.17, 15) is 19.8 Å². The SMILES string of the molecule is C=CCCOC(=O)N(C)C1CC(=NOCC)C2=CC(CCCCO)C(CCCCO)C3c4cc(OC(=O)NCCCCCCCCCCCC)ccc4OC1(OCC=C)C23. The molecule has 1 heterocycles. The fraction of sp³-hybridized carbons (Fsp3) is 0.688. The van der Waals surface area contributed by atoms with Gasteiger partial charge in [0.1, 0.15) is 24.1 Å². The van der Waals surface area contributed by atoms with Crippen molar-refractivity contribution in [1.82, 2.24) is 10.2 Å². The van der Waals surface area contributed by atoms with Gasteiger partial charge in [0.05, 0.1) is 24.8 Å². The van der Waals surface area contributed by atoms with Gasteiger partial charge >= 0.3 is 12.2 Å².